The lowest BCUT2D eigenvalue weighted by molar-refractivity contribution is 0.355. The molecule has 0 aliphatic rings. The van der Waals surface area contributed by atoms with Crippen LogP contribution in [0, 0.1) is 0 Å². The molecule has 30 heteroatoms. The van der Waals surface area contributed by atoms with E-state index >= 15 is 0 Å². The van der Waals surface area contributed by atoms with Crippen LogP contribution in [-0.4, -0.2) is 171 Å². The molecule has 0 radical (unpaired) electrons. The summed E-state index contributed by atoms with van der Waals surface area (Å²) in [4.78, 5) is 12.7. The van der Waals surface area contributed by atoms with Crippen molar-refractivity contribution >= 4 is 102 Å². The van der Waals surface area contributed by atoms with Gasteiger partial charge in [0.1, 0.15) is 0 Å². The van der Waals surface area contributed by atoms with E-state index in [1.807, 2.05) is 218 Å². The summed E-state index contributed by atoms with van der Waals surface area (Å²) in [5, 5.41) is 0. The van der Waals surface area contributed by atoms with Gasteiger partial charge in [0.2, 0.25) is 0 Å². The van der Waals surface area contributed by atoms with Gasteiger partial charge in [-0.3, -0.25) is 0 Å². The van der Waals surface area contributed by atoms with Gasteiger partial charge < -0.3 is 143 Å². The van der Waals surface area contributed by atoms with E-state index in [-0.39, 0.29) is 0 Å². The van der Waals surface area contributed by atoms with Gasteiger partial charge in [-0.1, -0.05) is 0 Å². The largest absolute Gasteiger partial charge is 0.493 e. The second-order valence-corrected chi connectivity index (χ2v) is 33.5. The lowest BCUT2D eigenvalue weighted by atomic mass is 9.91. The smallest absolute Gasteiger partial charge is 0.162 e. The summed E-state index contributed by atoms with van der Waals surface area (Å²) >= 11 is 0. The van der Waals surface area contributed by atoms with Crippen LogP contribution in [0.2, 0.25) is 0 Å². The molecule has 0 heterocycles. The van der Waals surface area contributed by atoms with Crippen LogP contribution in [0.3, 0.4) is 0 Å². The van der Waals surface area contributed by atoms with E-state index in [0.717, 1.165) is 0 Å². The number of hydrogen-bond acceptors (Lipinski definition) is 30. The predicted octanol–water partition coefficient (Wildman–Crippen LogP) is 27.7. The number of anilines is 18. The lowest BCUT2D eigenvalue weighted by Crippen LogP contribution is -2.15. The van der Waals surface area contributed by atoms with Crippen molar-refractivity contribution in [2.24, 2.45) is 0 Å². The van der Waals surface area contributed by atoms with Crippen molar-refractivity contribution in [2.45, 2.75) is 0 Å². The average Bonchev–Trinajstić information content (AvgIpc) is 0.753. The maximum Gasteiger partial charge on any atom is 0.162 e. The Labute approximate surface area is 873 Å². The molecule has 774 valence electrons. The van der Waals surface area contributed by atoms with Gasteiger partial charge in [-0.2, -0.15) is 0 Å². The number of hydrogen-bond donors (Lipinski definition) is 0. The Morgan fingerprint density at radius 1 is 0.0867 bits per heavy atom. The molecule has 0 bridgehead atoms. The van der Waals surface area contributed by atoms with E-state index in [1.165, 1.54) is 0 Å². The van der Waals surface area contributed by atoms with Gasteiger partial charge in [-0.05, 0) is 252 Å². The lowest BCUT2D eigenvalue weighted by Gasteiger charge is -2.32. The van der Waals surface area contributed by atoms with E-state index in [4.69, 9.17) is 114 Å². The Morgan fingerprint density at radius 2 is 0.173 bits per heavy atom. The zero-order valence-corrected chi connectivity index (χ0v) is 88.2. The summed E-state index contributed by atoms with van der Waals surface area (Å²) in [6.45, 7) is 0. The molecule has 0 fully saturated rings. The normalized spacial score (nSPS) is 10.8. The summed E-state index contributed by atoms with van der Waals surface area (Å²) in [6, 6.07) is 95.1. The number of rotatable bonds is 45. The third kappa shape index (κ3) is 21.2. The van der Waals surface area contributed by atoms with E-state index in [1.54, 1.807) is 171 Å². The Kier molecular flexibility index (Phi) is 32.8. The summed E-state index contributed by atoms with van der Waals surface area (Å²) < 4.78 is 147. The van der Waals surface area contributed by atoms with Gasteiger partial charge in [0.05, 0.1) is 239 Å². The molecule has 0 aromatic heterocycles. The van der Waals surface area contributed by atoms with Gasteiger partial charge in [0, 0.05) is 107 Å². The first kappa shape index (κ1) is 104. The minimum atomic E-state index is 0.438. The van der Waals surface area contributed by atoms with Crippen molar-refractivity contribution in [2.75, 3.05) is 200 Å². The van der Waals surface area contributed by atoms with Crippen LogP contribution < -0.4 is 143 Å². The SMILES string of the molecule is COc1ccc(N(c2cc(-c3cc(-c4cc(N(c5ccc(OC)c(OC)c5)c5ccc(OC)c(OC)c5)cc(N(c5ccc(OC)c(OC)c5)c5ccc(OC)c(OC)c5)c4)cc(-c4cc(N(c5ccc(OC)c(OC)c5)c5ccc(OC)c(OC)c5)cc(N(c5ccc(OC)c(OC)c5)c5ccc(OC)c(OC)c5)c4)c3)cc(N(c3ccc(OC)c(OC)c3)c3ccc(OC)c(OC)c3)c2)c2ccc(OC)c(OC)c2)cc1OC. The maximum atomic E-state index is 6.25. The van der Waals surface area contributed by atoms with Crippen molar-refractivity contribution < 1.29 is 114 Å². The number of benzene rings is 16. The fourth-order valence-corrected chi connectivity index (χ4v) is 18.4. The quantitative estimate of drug-likeness (QED) is 0.0344. The highest BCUT2D eigenvalue weighted by Crippen LogP contribution is 2.56. The number of ether oxygens (including phenoxy) is 24. The third-order valence-electron chi connectivity index (χ3n) is 25.7. The van der Waals surface area contributed by atoms with Gasteiger partial charge in [-0.15, -0.1) is 0 Å². The Bertz CT molecular complexity index is 6090. The van der Waals surface area contributed by atoms with Crippen molar-refractivity contribution in [1.82, 2.24) is 0 Å². The van der Waals surface area contributed by atoms with Crippen molar-refractivity contribution in [3.63, 3.8) is 0 Å². The number of nitrogens with zero attached hydrogens (tertiary/aromatic N) is 6. The molecule has 30 nitrogen and oxygen atoms in total. The molecule has 0 unspecified atom stereocenters. The first-order valence-electron chi connectivity index (χ1n) is 47.3. The van der Waals surface area contributed by atoms with Crippen molar-refractivity contribution in [1.29, 1.82) is 0 Å². The van der Waals surface area contributed by atoms with E-state index < -0.39 is 0 Å². The molecule has 0 spiro atoms. The minimum absolute atomic E-state index is 0.438. The second-order valence-electron chi connectivity index (χ2n) is 33.5. The zero-order valence-electron chi connectivity index (χ0n) is 88.2. The van der Waals surface area contributed by atoms with Crippen LogP contribution in [0.1, 0.15) is 0 Å². The Balaban J connectivity index is 1.15. The first-order chi connectivity index (χ1) is 73.2. The van der Waals surface area contributed by atoms with Gasteiger partial charge >= 0.3 is 0 Å². The fraction of sp³-hybridized carbons (Fsp3) is 0.200. The molecule has 16 aromatic carbocycles. The van der Waals surface area contributed by atoms with Crippen LogP contribution >= 0.6 is 0 Å². The number of methoxy groups -OCH3 is 24. The van der Waals surface area contributed by atoms with Crippen LogP contribution in [0.15, 0.2) is 291 Å². The summed E-state index contributed by atoms with van der Waals surface area (Å²) in [5.41, 5.74) is 15.2. The molecule has 0 N–H and O–H groups in total. The molecule has 16 aromatic rings. The molecule has 0 amide bonds. The van der Waals surface area contributed by atoms with E-state index in [0.29, 0.717) is 274 Å². The molecular weight excluding hydrogens is 1910 g/mol. The van der Waals surface area contributed by atoms with E-state index in [9.17, 15) is 0 Å². The molecule has 0 saturated carbocycles. The standard InChI is InChI=1S/C120H120N6O24/c1-127-97-37-25-79(61-109(97)139-13)121(80-26-38-98(128-2)110(62-80)140-14)91-52-76(53-92(58-91)122(81-27-39-99(129-3)111(63-81)141-15)82-28-40-100(130-4)112(64-82)142-16)73-49-74(77-54-93(123(83-29-41-101(131-5)113(65-83)143-17)84-30-42-102(132-6)114(66-84)144-18)59-94(55-77)124(85-31-43-103(133-7)115(67-85)145-19)86-32-44-104(134-8)116(68-86)146-20)51-75(50-73)78-56-95(125(87-33-45-105(135-9)117(69-87)147-21)88-34-46-106(136-10)118(70-88)148-22)60-96(57-78)126(89-35-47-107(137-11)119(71-89)149-23)90-36-48-108(138-12)120(72-90)150-24/h25-72H,1-24H3. The molecule has 0 atom stereocenters. The van der Waals surface area contributed by atoms with Gasteiger partial charge in [0.15, 0.2) is 138 Å². The fourth-order valence-electron chi connectivity index (χ4n) is 18.4. The summed E-state index contributed by atoms with van der Waals surface area (Å²) in [6.07, 6.45) is 0. The summed E-state index contributed by atoms with van der Waals surface area (Å²) in [7, 11) is 38.5. The van der Waals surface area contributed by atoms with Crippen LogP contribution in [-0.2, 0) is 0 Å². The molecule has 0 aliphatic carbocycles. The second kappa shape index (κ2) is 47.1. The topological polar surface area (TPSA) is 241 Å². The highest BCUT2D eigenvalue weighted by Gasteiger charge is 2.32. The molecule has 150 heavy (non-hydrogen) atoms. The molecule has 16 rings (SSSR count). The first-order valence-corrected chi connectivity index (χ1v) is 47.3. The van der Waals surface area contributed by atoms with Crippen LogP contribution in [0.4, 0.5) is 102 Å². The highest BCUT2D eigenvalue weighted by molar-refractivity contribution is 5.97. The third-order valence-corrected chi connectivity index (χ3v) is 25.7. The highest BCUT2D eigenvalue weighted by atomic mass is 16.6. The Hall–Kier alpha value is -18.5. The van der Waals surface area contributed by atoms with Gasteiger partial charge in [-0.25, -0.2) is 0 Å². The molecule has 0 aliphatic heterocycles. The minimum Gasteiger partial charge on any atom is -0.493 e. The maximum absolute atomic E-state index is 6.25. The molecular formula is C120H120N6O24. The van der Waals surface area contributed by atoms with Crippen LogP contribution in [0.5, 0.6) is 138 Å². The molecule has 0 saturated heterocycles. The average molecular weight is 2030 g/mol. The Morgan fingerprint density at radius 3 is 0.260 bits per heavy atom. The van der Waals surface area contributed by atoms with Crippen molar-refractivity contribution in [3.05, 3.63) is 291 Å². The van der Waals surface area contributed by atoms with Crippen molar-refractivity contribution in [3.8, 4) is 171 Å². The van der Waals surface area contributed by atoms with Crippen LogP contribution in [0.25, 0.3) is 33.4 Å². The summed E-state index contributed by atoms with van der Waals surface area (Å²) in [5.74, 6) is 11.1. The zero-order chi connectivity index (χ0) is 106. The van der Waals surface area contributed by atoms with Gasteiger partial charge in [0.25, 0.3) is 0 Å². The monoisotopic (exact) mass is 2030 g/mol. The van der Waals surface area contributed by atoms with E-state index in [2.05, 4.69) is 102 Å². The predicted molar refractivity (Wildman–Crippen MR) is 588 cm³/mol.